The average Bonchev–Trinajstić information content (AvgIpc) is 2.38. The number of aromatic nitrogens is 1. The van der Waals surface area contributed by atoms with Crippen molar-refractivity contribution in [3.8, 4) is 0 Å². The number of carbonyl (C=O) groups is 1. The molecule has 0 atom stereocenters. The zero-order chi connectivity index (χ0) is 14.9. The maximum Gasteiger partial charge on any atom is 0.259 e. The van der Waals surface area contributed by atoms with E-state index < -0.39 is 23.4 Å². The van der Waals surface area contributed by atoms with Crippen molar-refractivity contribution in [1.29, 1.82) is 0 Å². The molecule has 0 aliphatic carbocycles. The van der Waals surface area contributed by atoms with E-state index in [1.165, 1.54) is 0 Å². The van der Waals surface area contributed by atoms with Gasteiger partial charge in [-0.3, -0.25) is 4.79 Å². The number of carbonyl (C=O) groups excluding carboxylic acids is 1. The van der Waals surface area contributed by atoms with Crippen molar-refractivity contribution < 1.29 is 18.0 Å². The molecular formula is C12H7BrF3N3O. The molecule has 0 bridgehead atoms. The fourth-order valence-electron chi connectivity index (χ4n) is 1.44. The first-order chi connectivity index (χ1) is 9.38. The van der Waals surface area contributed by atoms with Gasteiger partial charge in [-0.1, -0.05) is 0 Å². The monoisotopic (exact) mass is 345 g/mol. The number of pyridine rings is 1. The van der Waals surface area contributed by atoms with Crippen LogP contribution in [0.5, 0.6) is 0 Å². The summed E-state index contributed by atoms with van der Waals surface area (Å²) in [6.07, 6.45) is 0.839. The van der Waals surface area contributed by atoms with E-state index in [4.69, 9.17) is 5.73 Å². The van der Waals surface area contributed by atoms with Gasteiger partial charge in [-0.15, -0.1) is 0 Å². The Bertz CT molecular complexity index is 694. The Morgan fingerprint density at radius 1 is 1.20 bits per heavy atom. The molecular weight excluding hydrogens is 339 g/mol. The van der Waals surface area contributed by atoms with E-state index in [2.05, 4.69) is 26.2 Å². The van der Waals surface area contributed by atoms with Gasteiger partial charge in [0.05, 0.1) is 21.9 Å². The molecule has 0 aliphatic rings. The average molecular weight is 346 g/mol. The number of nitrogens with two attached hydrogens (primary N) is 1. The molecule has 1 amide bonds. The number of nitrogens with zero attached hydrogens (tertiary/aromatic N) is 1. The van der Waals surface area contributed by atoms with Gasteiger partial charge < -0.3 is 11.1 Å². The van der Waals surface area contributed by atoms with E-state index in [-0.39, 0.29) is 21.5 Å². The second kappa shape index (κ2) is 5.49. The molecule has 1 aromatic carbocycles. The summed E-state index contributed by atoms with van der Waals surface area (Å²) in [6.45, 7) is 0. The van der Waals surface area contributed by atoms with E-state index in [1.807, 2.05) is 0 Å². The summed E-state index contributed by atoms with van der Waals surface area (Å²) in [5, 5.41) is 2.10. The highest BCUT2D eigenvalue weighted by Crippen LogP contribution is 2.24. The van der Waals surface area contributed by atoms with Crippen molar-refractivity contribution >= 4 is 33.3 Å². The SMILES string of the molecule is Nc1ncc(F)cc1C(=O)Nc1cc(F)c(Br)cc1F. The minimum absolute atomic E-state index is 0.0834. The summed E-state index contributed by atoms with van der Waals surface area (Å²) < 4.78 is 39.8. The van der Waals surface area contributed by atoms with Gasteiger partial charge in [0.15, 0.2) is 0 Å². The molecule has 0 saturated carbocycles. The van der Waals surface area contributed by atoms with E-state index in [1.54, 1.807) is 0 Å². The predicted octanol–water partition coefficient (Wildman–Crippen LogP) is 3.10. The summed E-state index contributed by atoms with van der Waals surface area (Å²) in [4.78, 5) is 15.3. The van der Waals surface area contributed by atoms with Crippen LogP contribution in [-0.4, -0.2) is 10.9 Å². The third kappa shape index (κ3) is 2.90. The number of halogens is 4. The lowest BCUT2D eigenvalue weighted by atomic mass is 10.2. The Hall–Kier alpha value is -2.09. The van der Waals surface area contributed by atoms with Gasteiger partial charge in [-0.25, -0.2) is 18.2 Å². The van der Waals surface area contributed by atoms with Crippen molar-refractivity contribution in [2.24, 2.45) is 0 Å². The Kier molecular flexibility index (Phi) is 3.93. The molecule has 2 aromatic rings. The Balaban J connectivity index is 2.32. The van der Waals surface area contributed by atoms with Crippen LogP contribution in [0.2, 0.25) is 0 Å². The molecule has 20 heavy (non-hydrogen) atoms. The minimum Gasteiger partial charge on any atom is -0.383 e. The number of hydrogen-bond acceptors (Lipinski definition) is 3. The zero-order valence-corrected chi connectivity index (χ0v) is 11.3. The smallest absolute Gasteiger partial charge is 0.259 e. The highest BCUT2D eigenvalue weighted by atomic mass is 79.9. The first-order valence-corrected chi connectivity index (χ1v) is 6.04. The van der Waals surface area contributed by atoms with Crippen LogP contribution in [0.25, 0.3) is 0 Å². The van der Waals surface area contributed by atoms with E-state index >= 15 is 0 Å². The zero-order valence-electron chi connectivity index (χ0n) is 9.75. The third-order valence-electron chi connectivity index (χ3n) is 2.39. The second-order valence-corrected chi connectivity index (χ2v) is 4.64. The Labute approximate surface area is 119 Å². The third-order valence-corrected chi connectivity index (χ3v) is 3.00. The summed E-state index contributed by atoms with van der Waals surface area (Å²) in [5.74, 6) is -3.49. The van der Waals surface area contributed by atoms with Crippen LogP contribution in [-0.2, 0) is 0 Å². The highest BCUT2D eigenvalue weighted by molar-refractivity contribution is 9.10. The first-order valence-electron chi connectivity index (χ1n) is 5.25. The highest BCUT2D eigenvalue weighted by Gasteiger charge is 2.15. The van der Waals surface area contributed by atoms with Crippen molar-refractivity contribution in [2.45, 2.75) is 0 Å². The van der Waals surface area contributed by atoms with Crippen LogP contribution in [0.1, 0.15) is 10.4 Å². The van der Waals surface area contributed by atoms with E-state index in [0.717, 1.165) is 24.4 Å². The molecule has 0 radical (unpaired) electrons. The molecule has 3 N–H and O–H groups in total. The van der Waals surface area contributed by atoms with Crippen molar-refractivity contribution in [2.75, 3.05) is 11.1 Å². The molecule has 104 valence electrons. The van der Waals surface area contributed by atoms with Gasteiger partial charge in [-0.05, 0) is 28.1 Å². The number of nitrogens with one attached hydrogen (secondary N) is 1. The topological polar surface area (TPSA) is 68.0 Å². The molecule has 1 aromatic heterocycles. The van der Waals surface area contributed by atoms with Gasteiger partial charge in [0.25, 0.3) is 5.91 Å². The predicted molar refractivity (Wildman–Crippen MR) is 70.6 cm³/mol. The lowest BCUT2D eigenvalue weighted by Gasteiger charge is -2.08. The minimum atomic E-state index is -0.893. The number of nitrogen functional groups attached to an aromatic ring is 1. The number of amides is 1. The van der Waals surface area contributed by atoms with Crippen LogP contribution < -0.4 is 11.1 Å². The van der Waals surface area contributed by atoms with Gasteiger partial charge in [-0.2, -0.15) is 0 Å². The normalized spacial score (nSPS) is 10.4. The van der Waals surface area contributed by atoms with Crippen LogP contribution in [0.4, 0.5) is 24.7 Å². The van der Waals surface area contributed by atoms with Crippen LogP contribution in [0, 0.1) is 17.5 Å². The molecule has 0 unspecified atom stereocenters. The van der Waals surface area contributed by atoms with Crippen molar-refractivity contribution in [1.82, 2.24) is 4.98 Å². The summed E-state index contributed by atoms with van der Waals surface area (Å²) >= 11 is 2.81. The fraction of sp³-hybridized carbons (Fsp3) is 0. The molecule has 0 spiro atoms. The molecule has 0 aliphatic heterocycles. The summed E-state index contributed by atoms with van der Waals surface area (Å²) in [6, 6.07) is 2.50. The first kappa shape index (κ1) is 14.3. The fourth-order valence-corrected chi connectivity index (χ4v) is 1.76. The summed E-state index contributed by atoms with van der Waals surface area (Å²) in [7, 11) is 0. The lowest BCUT2D eigenvalue weighted by molar-refractivity contribution is 0.102. The molecule has 8 heteroatoms. The van der Waals surface area contributed by atoms with Gasteiger partial charge in [0.2, 0.25) is 0 Å². The molecule has 0 fully saturated rings. The van der Waals surface area contributed by atoms with Gasteiger partial charge in [0.1, 0.15) is 23.3 Å². The second-order valence-electron chi connectivity index (χ2n) is 3.79. The number of hydrogen-bond donors (Lipinski definition) is 2. The largest absolute Gasteiger partial charge is 0.383 e. The van der Waals surface area contributed by atoms with Crippen LogP contribution in [0.15, 0.2) is 28.9 Å². The maximum atomic E-state index is 13.6. The quantitative estimate of drug-likeness (QED) is 0.822. The number of rotatable bonds is 2. The Morgan fingerprint density at radius 2 is 1.90 bits per heavy atom. The number of anilines is 2. The van der Waals surface area contributed by atoms with Crippen LogP contribution in [0.3, 0.4) is 0 Å². The van der Waals surface area contributed by atoms with Gasteiger partial charge in [0, 0.05) is 6.07 Å². The Morgan fingerprint density at radius 3 is 2.60 bits per heavy atom. The molecule has 4 nitrogen and oxygen atoms in total. The molecule has 2 rings (SSSR count). The lowest BCUT2D eigenvalue weighted by Crippen LogP contribution is -2.16. The molecule has 0 saturated heterocycles. The maximum absolute atomic E-state index is 13.6. The van der Waals surface area contributed by atoms with Gasteiger partial charge >= 0.3 is 0 Å². The van der Waals surface area contributed by atoms with E-state index in [0.29, 0.717) is 0 Å². The van der Waals surface area contributed by atoms with Crippen LogP contribution >= 0.6 is 15.9 Å². The summed E-state index contributed by atoms with van der Waals surface area (Å²) in [5.41, 5.74) is 4.76. The van der Waals surface area contributed by atoms with E-state index in [9.17, 15) is 18.0 Å². The number of benzene rings is 1. The standard InChI is InChI=1S/C12H7BrF3N3O/c13-7-2-9(16)10(3-8(7)15)19-12(20)6-1-5(14)4-18-11(6)17/h1-4H,(H2,17,18)(H,19,20). The van der Waals surface area contributed by atoms with Crippen molar-refractivity contribution in [3.63, 3.8) is 0 Å². The van der Waals surface area contributed by atoms with Crippen molar-refractivity contribution in [3.05, 3.63) is 51.9 Å². The molecule has 1 heterocycles.